The molecule has 0 aliphatic rings. The van der Waals surface area contributed by atoms with Gasteiger partial charge in [-0.2, -0.15) is 13.2 Å². The van der Waals surface area contributed by atoms with Crippen LogP contribution >= 0.6 is 43.6 Å². The van der Waals surface area contributed by atoms with Gasteiger partial charge in [0, 0.05) is 18.5 Å². The lowest BCUT2D eigenvalue weighted by atomic mass is 10.2. The maximum absolute atomic E-state index is 12.2. The molecule has 2 rings (SSSR count). The number of carboxylic acids is 1. The molecule has 0 aliphatic carbocycles. The highest BCUT2D eigenvalue weighted by Gasteiger charge is 2.28. The van der Waals surface area contributed by atoms with E-state index in [0.29, 0.717) is 21.1 Å². The van der Waals surface area contributed by atoms with E-state index in [0.717, 1.165) is 6.42 Å². The van der Waals surface area contributed by atoms with Crippen LogP contribution in [0.25, 0.3) is 0 Å². The lowest BCUT2D eigenvalue weighted by Crippen LogP contribution is -2.37. The topological polar surface area (TPSA) is 98.3 Å². The molecule has 0 aliphatic heterocycles. The van der Waals surface area contributed by atoms with Crippen LogP contribution in [0, 0.1) is 0 Å². The molecule has 0 radical (unpaired) electrons. The highest BCUT2D eigenvalue weighted by Crippen LogP contribution is 2.33. The fourth-order valence-electron chi connectivity index (χ4n) is 2.37. The lowest BCUT2D eigenvalue weighted by Gasteiger charge is -2.07. The third-order valence-electron chi connectivity index (χ3n) is 3.69. The van der Waals surface area contributed by atoms with E-state index in [1.54, 1.807) is 23.9 Å². The average Bonchev–Trinajstić information content (AvgIpc) is 2.91. The minimum atomic E-state index is -5.19. The molecule has 1 heterocycles. The summed E-state index contributed by atoms with van der Waals surface area (Å²) in [6.45, 7) is 0.542. The third-order valence-corrected chi connectivity index (χ3v) is 5.81. The zero-order valence-corrected chi connectivity index (χ0v) is 20.0. The smallest absolute Gasteiger partial charge is 0.430 e. The van der Waals surface area contributed by atoms with Crippen LogP contribution in [0.15, 0.2) is 32.4 Å². The number of nitrogens with one attached hydrogen (secondary N) is 1. The lowest BCUT2D eigenvalue weighted by molar-refractivity contribution is -0.707. The quantitative estimate of drug-likeness (QED) is 0.419. The van der Waals surface area contributed by atoms with Crippen LogP contribution in [0.4, 0.5) is 13.2 Å². The first-order chi connectivity index (χ1) is 13.8. The predicted molar refractivity (Wildman–Crippen MR) is 109 cm³/mol. The van der Waals surface area contributed by atoms with Gasteiger partial charge in [-0.15, -0.1) is 0 Å². The predicted octanol–water partition coefficient (Wildman–Crippen LogP) is 2.07. The normalized spacial score (nSPS) is 10.9. The molecule has 2 aromatic rings. The van der Waals surface area contributed by atoms with Crippen molar-refractivity contribution in [2.24, 2.45) is 14.1 Å². The Morgan fingerprint density at radius 2 is 1.80 bits per heavy atom. The van der Waals surface area contributed by atoms with E-state index >= 15 is 0 Å². The molecule has 2 N–H and O–H groups in total. The number of phenolic OH excluding ortho intramolecular Hbond substituents is 1. The highest BCUT2D eigenvalue weighted by atomic mass is 79.9. The summed E-state index contributed by atoms with van der Waals surface area (Å²) in [5.74, 6) is -3.09. The van der Waals surface area contributed by atoms with Gasteiger partial charge in [-0.25, -0.2) is 9.13 Å². The van der Waals surface area contributed by atoms with Crippen LogP contribution in [-0.4, -0.2) is 40.5 Å². The molecule has 0 saturated carbocycles. The minimum Gasteiger partial charge on any atom is -0.542 e. The molecule has 7 nitrogen and oxygen atoms in total. The number of nitrogens with zero attached hydrogens (tertiary/aromatic N) is 2. The first-order valence-electron chi connectivity index (χ1n) is 8.11. The average molecular weight is 577 g/mol. The Kier molecular flexibility index (Phi) is 9.69. The molecule has 1 aromatic carbocycles. The van der Waals surface area contributed by atoms with E-state index in [9.17, 15) is 23.1 Å². The van der Waals surface area contributed by atoms with Crippen LogP contribution in [0.2, 0.25) is 0 Å². The van der Waals surface area contributed by atoms with Crippen molar-refractivity contribution in [2.45, 2.75) is 17.6 Å². The Bertz CT molecular complexity index is 913. The summed E-state index contributed by atoms with van der Waals surface area (Å²) >= 11 is 8.16. The van der Waals surface area contributed by atoms with Gasteiger partial charge >= 0.3 is 6.18 Å². The number of aliphatic carboxylic acids is 1. The van der Waals surface area contributed by atoms with E-state index in [4.69, 9.17) is 9.90 Å². The number of carbonyl (C=O) groups is 2. The third kappa shape index (κ3) is 7.20. The van der Waals surface area contributed by atoms with E-state index < -0.39 is 12.1 Å². The van der Waals surface area contributed by atoms with Gasteiger partial charge in [0.2, 0.25) is 11.4 Å². The summed E-state index contributed by atoms with van der Waals surface area (Å²) in [5.41, 5.74) is 1.68. The first-order valence-corrected chi connectivity index (χ1v) is 10.9. The van der Waals surface area contributed by atoms with Gasteiger partial charge in [0.25, 0.3) is 5.91 Å². The van der Waals surface area contributed by atoms with Gasteiger partial charge in [-0.05, 0) is 50.2 Å². The zero-order valence-electron chi connectivity index (χ0n) is 16.0. The van der Waals surface area contributed by atoms with Gasteiger partial charge in [0.1, 0.15) is 11.7 Å². The fraction of sp³-hybridized carbons (Fsp3) is 0.353. The molecule has 0 spiro atoms. The number of phenols is 1. The maximum Gasteiger partial charge on any atom is 0.430 e. The zero-order chi connectivity index (χ0) is 23.2. The number of hydrogen-bond acceptors (Lipinski definition) is 5. The van der Waals surface area contributed by atoms with E-state index in [1.807, 2.05) is 26.7 Å². The fourth-order valence-corrected chi connectivity index (χ4v) is 4.38. The second kappa shape index (κ2) is 11.0. The number of imidazole rings is 1. The van der Waals surface area contributed by atoms with E-state index in [1.165, 1.54) is 10.7 Å². The van der Waals surface area contributed by atoms with Crippen LogP contribution in [0.5, 0.6) is 5.75 Å². The number of carboxylic acid groups (broad SMARTS) is 1. The molecule has 0 saturated heterocycles. The van der Waals surface area contributed by atoms with Gasteiger partial charge in [0.15, 0.2) is 5.69 Å². The molecule has 13 heteroatoms. The van der Waals surface area contributed by atoms with Gasteiger partial charge in [-0.1, -0.05) is 11.8 Å². The molecule has 166 valence electrons. The van der Waals surface area contributed by atoms with Crippen molar-refractivity contribution in [3.8, 4) is 5.75 Å². The van der Waals surface area contributed by atoms with Crippen molar-refractivity contribution in [3.05, 3.63) is 38.7 Å². The molecule has 0 atom stereocenters. The highest BCUT2D eigenvalue weighted by molar-refractivity contribution is 9.11. The van der Waals surface area contributed by atoms with E-state index in [2.05, 4.69) is 46.3 Å². The largest absolute Gasteiger partial charge is 0.542 e. The number of aromatic nitrogens is 2. The van der Waals surface area contributed by atoms with Crippen molar-refractivity contribution in [1.82, 2.24) is 9.88 Å². The molecule has 0 fully saturated rings. The van der Waals surface area contributed by atoms with Crippen LogP contribution in [0.1, 0.15) is 16.1 Å². The second-order valence-electron chi connectivity index (χ2n) is 5.87. The van der Waals surface area contributed by atoms with Gasteiger partial charge in [-0.3, -0.25) is 4.79 Å². The first kappa shape index (κ1) is 26.3. The number of alkyl halides is 3. The Morgan fingerprint density at radius 1 is 1.30 bits per heavy atom. The number of carbonyl (C=O) groups excluding carboxylic acids is 2. The molecule has 1 amide bonds. The summed E-state index contributed by atoms with van der Waals surface area (Å²) in [5, 5.41) is 22.6. The van der Waals surface area contributed by atoms with Crippen molar-refractivity contribution in [2.75, 3.05) is 12.8 Å². The summed E-state index contributed by atoms with van der Waals surface area (Å²) in [6.07, 6.45) is -0.375. The van der Waals surface area contributed by atoms with Crippen molar-refractivity contribution in [3.63, 3.8) is 0 Å². The van der Waals surface area contributed by atoms with Crippen LogP contribution < -0.4 is 15.0 Å². The van der Waals surface area contributed by atoms with Crippen LogP contribution in [-0.2, 0) is 25.3 Å². The molecular formula is C17H18Br2F3N3O4S. The summed E-state index contributed by atoms with van der Waals surface area (Å²) in [4.78, 5) is 21.0. The number of aromatic hydroxyl groups is 1. The molecule has 1 aromatic heterocycles. The summed E-state index contributed by atoms with van der Waals surface area (Å²) < 4.78 is 36.7. The number of rotatable bonds is 5. The summed E-state index contributed by atoms with van der Waals surface area (Å²) in [7, 11) is 4.02. The summed E-state index contributed by atoms with van der Waals surface area (Å²) in [6, 6.07) is 3.20. The van der Waals surface area contributed by atoms with Gasteiger partial charge in [0.05, 0.1) is 23.0 Å². The number of halogens is 5. The standard InChI is InChI=1S/C15H17Br2N3O2S.C2HF3O2/c1-19-8-20(2)15(23-3)12(19)4-5-18-14(22)9-6-10(16)13(21)11(17)7-9;3-2(4,5)1(6)7/h6-8H,4-5H2,1-3H3,(H-,18,21,22);(H,6,7). The Balaban J connectivity index is 0.000000553. The maximum atomic E-state index is 12.2. The Labute approximate surface area is 191 Å². The van der Waals surface area contributed by atoms with Crippen LogP contribution in [0.3, 0.4) is 0 Å². The van der Waals surface area contributed by atoms with Crippen molar-refractivity contribution < 1.29 is 37.5 Å². The SMILES string of the molecule is CSc1c(CCNC(=O)c2cc(Br)c(O)c(Br)c2)n(C)c[n+]1C.O=C([O-])C(F)(F)F. The minimum absolute atomic E-state index is 0.0856. The molecular weight excluding hydrogens is 559 g/mol. The number of benzene rings is 1. The number of thioether (sulfide) groups is 1. The monoisotopic (exact) mass is 575 g/mol. The van der Waals surface area contributed by atoms with Gasteiger partial charge < -0.3 is 20.3 Å². The Hall–Kier alpha value is -1.73. The van der Waals surface area contributed by atoms with E-state index in [-0.39, 0.29) is 11.7 Å². The number of hydrogen-bond donors (Lipinski definition) is 2. The second-order valence-corrected chi connectivity index (χ2v) is 8.38. The number of amides is 1. The van der Waals surface area contributed by atoms with Crippen molar-refractivity contribution >= 4 is 55.5 Å². The molecule has 0 unspecified atom stereocenters. The number of aryl methyl sites for hydroxylation is 2. The molecule has 0 bridgehead atoms. The molecule has 30 heavy (non-hydrogen) atoms. The Morgan fingerprint density at radius 3 is 2.23 bits per heavy atom. The van der Waals surface area contributed by atoms with Crippen molar-refractivity contribution in [1.29, 1.82) is 0 Å².